The van der Waals surface area contributed by atoms with Crippen molar-refractivity contribution in [2.75, 3.05) is 5.32 Å². The summed E-state index contributed by atoms with van der Waals surface area (Å²) in [5.41, 5.74) is 3.90. The summed E-state index contributed by atoms with van der Waals surface area (Å²) in [5, 5.41) is 13.8. The molecule has 3 rings (SSSR count). The number of nitriles is 1. The number of anilines is 1. The molecule has 1 N–H and O–H groups in total. The molecule has 0 saturated carbocycles. The molecule has 0 spiro atoms. The van der Waals surface area contributed by atoms with Crippen molar-refractivity contribution in [2.45, 2.75) is 17.0 Å². The van der Waals surface area contributed by atoms with Crippen molar-refractivity contribution in [2.24, 2.45) is 0 Å². The number of thiazole rings is 1. The molecule has 2 aromatic carbocycles. The van der Waals surface area contributed by atoms with Crippen molar-refractivity contribution in [1.82, 2.24) is 4.98 Å². The minimum atomic E-state index is -0.190. The third-order valence-corrected chi connectivity index (χ3v) is 5.64. The quantitative estimate of drug-likeness (QED) is 0.655. The Morgan fingerprint density at radius 1 is 1.28 bits per heavy atom. The number of hydrogen-bond acceptors (Lipinski definition) is 5. The average molecular weight is 365 g/mol. The zero-order valence-corrected chi connectivity index (χ0v) is 15.2. The first-order chi connectivity index (χ1) is 12.1. The van der Waals surface area contributed by atoms with Crippen LogP contribution in [0.25, 0.3) is 0 Å². The molecule has 4 nitrogen and oxygen atoms in total. The van der Waals surface area contributed by atoms with E-state index in [1.807, 2.05) is 36.6 Å². The molecule has 0 aliphatic carbocycles. The lowest BCUT2D eigenvalue weighted by atomic mass is 10.1. The van der Waals surface area contributed by atoms with Crippen LogP contribution in [0.4, 0.5) is 5.69 Å². The number of nitrogens with zero attached hydrogens (tertiary/aromatic N) is 2. The van der Waals surface area contributed by atoms with E-state index in [-0.39, 0.29) is 5.91 Å². The molecular formula is C19H15N3OS2. The number of aromatic nitrogens is 1. The van der Waals surface area contributed by atoms with Crippen molar-refractivity contribution in [3.8, 4) is 6.07 Å². The van der Waals surface area contributed by atoms with Gasteiger partial charge in [0, 0.05) is 28.1 Å². The molecule has 0 aliphatic rings. The third-order valence-electron chi connectivity index (χ3n) is 3.43. The molecule has 0 bridgehead atoms. The van der Waals surface area contributed by atoms with E-state index in [0.29, 0.717) is 16.8 Å². The first-order valence-electron chi connectivity index (χ1n) is 7.59. The van der Waals surface area contributed by atoms with Crippen LogP contribution >= 0.6 is 23.1 Å². The number of benzene rings is 2. The van der Waals surface area contributed by atoms with Crippen LogP contribution in [-0.4, -0.2) is 10.9 Å². The Morgan fingerprint density at radius 2 is 2.08 bits per heavy atom. The van der Waals surface area contributed by atoms with Gasteiger partial charge in [-0.2, -0.15) is 5.26 Å². The molecule has 1 heterocycles. The second-order valence-corrected chi connectivity index (χ2v) is 7.47. The van der Waals surface area contributed by atoms with Crippen LogP contribution in [0.2, 0.25) is 0 Å². The van der Waals surface area contributed by atoms with Crippen molar-refractivity contribution < 1.29 is 4.79 Å². The van der Waals surface area contributed by atoms with E-state index < -0.39 is 0 Å². The van der Waals surface area contributed by atoms with Gasteiger partial charge in [-0.3, -0.25) is 4.79 Å². The summed E-state index contributed by atoms with van der Waals surface area (Å²) in [6, 6.07) is 16.4. The van der Waals surface area contributed by atoms with E-state index in [1.54, 1.807) is 47.4 Å². The van der Waals surface area contributed by atoms with E-state index in [4.69, 9.17) is 5.26 Å². The Bertz CT molecular complexity index is 926. The van der Waals surface area contributed by atoms with Crippen LogP contribution < -0.4 is 5.32 Å². The molecule has 0 atom stereocenters. The smallest absolute Gasteiger partial charge is 0.255 e. The first-order valence-corrected chi connectivity index (χ1v) is 9.46. The van der Waals surface area contributed by atoms with Crippen LogP contribution in [-0.2, 0) is 5.75 Å². The number of nitrogens with one attached hydrogen (secondary N) is 1. The van der Waals surface area contributed by atoms with E-state index in [1.165, 1.54) is 0 Å². The molecule has 1 amide bonds. The summed E-state index contributed by atoms with van der Waals surface area (Å²) in [6.45, 7) is 1.99. The van der Waals surface area contributed by atoms with Crippen LogP contribution in [0, 0.1) is 18.3 Å². The minimum absolute atomic E-state index is 0.190. The van der Waals surface area contributed by atoms with Crippen molar-refractivity contribution >= 4 is 34.7 Å². The van der Waals surface area contributed by atoms with Gasteiger partial charge in [-0.25, -0.2) is 4.98 Å². The van der Waals surface area contributed by atoms with Gasteiger partial charge in [0.1, 0.15) is 4.34 Å². The highest BCUT2D eigenvalue weighted by Gasteiger charge is 2.07. The second-order valence-electron chi connectivity index (χ2n) is 5.39. The molecule has 3 aromatic rings. The Morgan fingerprint density at radius 3 is 2.76 bits per heavy atom. The molecule has 124 valence electrons. The third kappa shape index (κ3) is 4.69. The molecule has 0 unspecified atom stereocenters. The lowest BCUT2D eigenvalue weighted by molar-refractivity contribution is 0.102. The Kier molecular flexibility index (Phi) is 5.49. The van der Waals surface area contributed by atoms with Crippen molar-refractivity contribution in [3.05, 3.63) is 76.3 Å². The zero-order valence-electron chi connectivity index (χ0n) is 13.5. The van der Waals surface area contributed by atoms with E-state index in [0.717, 1.165) is 21.3 Å². The zero-order chi connectivity index (χ0) is 17.6. The van der Waals surface area contributed by atoms with Gasteiger partial charge in [0.2, 0.25) is 0 Å². The van der Waals surface area contributed by atoms with Crippen LogP contribution in [0.15, 0.2) is 58.3 Å². The fourth-order valence-electron chi connectivity index (χ4n) is 2.17. The number of rotatable bonds is 5. The standard InChI is InChI=1S/C19H15N3OS2/c1-13-11-24-19(21-13)25-12-14-5-7-16(8-6-14)18(23)22-17-4-2-3-15(9-17)10-20/h2-9,11H,12H2,1H3,(H,22,23). The molecule has 0 radical (unpaired) electrons. The summed E-state index contributed by atoms with van der Waals surface area (Å²) in [6.07, 6.45) is 0. The number of carbonyl (C=O) groups is 1. The predicted octanol–water partition coefficient (Wildman–Crippen LogP) is 4.87. The summed E-state index contributed by atoms with van der Waals surface area (Å²) < 4.78 is 1.05. The van der Waals surface area contributed by atoms with E-state index >= 15 is 0 Å². The topological polar surface area (TPSA) is 65.8 Å². The number of amides is 1. The van der Waals surface area contributed by atoms with Gasteiger partial charge in [-0.15, -0.1) is 11.3 Å². The highest BCUT2D eigenvalue weighted by molar-refractivity contribution is 8.00. The minimum Gasteiger partial charge on any atom is -0.322 e. The second kappa shape index (κ2) is 7.97. The van der Waals surface area contributed by atoms with Crippen molar-refractivity contribution in [3.63, 3.8) is 0 Å². The fraction of sp³-hybridized carbons (Fsp3) is 0.105. The van der Waals surface area contributed by atoms with Crippen LogP contribution in [0.5, 0.6) is 0 Å². The molecular weight excluding hydrogens is 350 g/mol. The maximum absolute atomic E-state index is 12.3. The Balaban J connectivity index is 1.61. The highest BCUT2D eigenvalue weighted by atomic mass is 32.2. The lowest BCUT2D eigenvalue weighted by Crippen LogP contribution is -2.11. The Labute approximate surface area is 154 Å². The van der Waals surface area contributed by atoms with Crippen LogP contribution in [0.1, 0.15) is 27.2 Å². The monoisotopic (exact) mass is 365 g/mol. The van der Waals surface area contributed by atoms with Gasteiger partial charge in [0.25, 0.3) is 5.91 Å². The van der Waals surface area contributed by atoms with E-state index in [2.05, 4.69) is 16.4 Å². The normalized spacial score (nSPS) is 10.2. The number of thioether (sulfide) groups is 1. The summed E-state index contributed by atoms with van der Waals surface area (Å²) >= 11 is 3.34. The Hall–Kier alpha value is -2.62. The molecule has 25 heavy (non-hydrogen) atoms. The molecule has 0 saturated heterocycles. The SMILES string of the molecule is Cc1csc(SCc2ccc(C(=O)Nc3cccc(C#N)c3)cc2)n1. The van der Waals surface area contributed by atoms with E-state index in [9.17, 15) is 4.79 Å². The predicted molar refractivity (Wildman–Crippen MR) is 102 cm³/mol. The molecule has 0 aliphatic heterocycles. The molecule has 6 heteroatoms. The fourth-order valence-corrected chi connectivity index (χ4v) is 3.97. The molecule has 1 aromatic heterocycles. The maximum Gasteiger partial charge on any atom is 0.255 e. The number of carbonyl (C=O) groups excluding carboxylic acids is 1. The first kappa shape index (κ1) is 17.2. The summed E-state index contributed by atoms with van der Waals surface area (Å²) in [5.74, 6) is 0.629. The molecule has 0 fully saturated rings. The number of hydrogen-bond donors (Lipinski definition) is 1. The largest absolute Gasteiger partial charge is 0.322 e. The van der Waals surface area contributed by atoms with Gasteiger partial charge in [-0.05, 0) is 42.8 Å². The average Bonchev–Trinajstić information content (AvgIpc) is 3.06. The number of aryl methyl sites for hydroxylation is 1. The lowest BCUT2D eigenvalue weighted by Gasteiger charge is -2.06. The van der Waals surface area contributed by atoms with Gasteiger partial charge >= 0.3 is 0 Å². The van der Waals surface area contributed by atoms with Gasteiger partial charge in [0.15, 0.2) is 0 Å². The maximum atomic E-state index is 12.3. The van der Waals surface area contributed by atoms with Gasteiger partial charge in [-0.1, -0.05) is 30.0 Å². The van der Waals surface area contributed by atoms with Crippen LogP contribution in [0.3, 0.4) is 0 Å². The highest BCUT2D eigenvalue weighted by Crippen LogP contribution is 2.26. The van der Waals surface area contributed by atoms with Crippen molar-refractivity contribution in [1.29, 1.82) is 5.26 Å². The summed E-state index contributed by atoms with van der Waals surface area (Å²) in [4.78, 5) is 16.7. The van der Waals surface area contributed by atoms with Gasteiger partial charge in [0.05, 0.1) is 11.6 Å². The van der Waals surface area contributed by atoms with Gasteiger partial charge < -0.3 is 5.32 Å². The summed E-state index contributed by atoms with van der Waals surface area (Å²) in [7, 11) is 0.